The van der Waals surface area contributed by atoms with Crippen molar-refractivity contribution in [1.82, 2.24) is 4.98 Å². The van der Waals surface area contributed by atoms with E-state index in [4.69, 9.17) is 14.2 Å². The van der Waals surface area contributed by atoms with Gasteiger partial charge in [0, 0.05) is 29.2 Å². The van der Waals surface area contributed by atoms with E-state index < -0.39 is 5.97 Å². The smallest absolute Gasteiger partial charge is 0.355 e. The monoisotopic (exact) mass is 399 g/mol. The van der Waals surface area contributed by atoms with Gasteiger partial charge in [-0.2, -0.15) is 0 Å². The van der Waals surface area contributed by atoms with Crippen molar-refractivity contribution in [3.63, 3.8) is 0 Å². The number of benzene rings is 1. The van der Waals surface area contributed by atoms with Crippen LogP contribution >= 0.6 is 0 Å². The average molecular weight is 399 g/mol. The van der Waals surface area contributed by atoms with Crippen LogP contribution in [-0.2, 0) is 11.2 Å². The Morgan fingerprint density at radius 1 is 1.17 bits per heavy atom. The number of nitrogens with one attached hydrogen (secondary N) is 1. The number of ether oxygens (including phenoxy) is 3. The third-order valence-electron chi connectivity index (χ3n) is 5.55. The van der Waals surface area contributed by atoms with E-state index in [1.54, 1.807) is 14.2 Å². The van der Waals surface area contributed by atoms with Crippen LogP contribution in [0.3, 0.4) is 0 Å². The SMILES string of the molecule is CCCCCOC(=O)c1[nH]c2c(c1C)C(=O)C[C@@H](c1cc(OC)ccc1OC)C2. The van der Waals surface area contributed by atoms with Gasteiger partial charge in [-0.3, -0.25) is 4.79 Å². The fourth-order valence-electron chi connectivity index (χ4n) is 4.00. The van der Waals surface area contributed by atoms with Gasteiger partial charge in [-0.25, -0.2) is 4.79 Å². The van der Waals surface area contributed by atoms with E-state index in [-0.39, 0.29) is 11.7 Å². The molecular weight excluding hydrogens is 370 g/mol. The molecule has 1 aliphatic carbocycles. The zero-order valence-electron chi connectivity index (χ0n) is 17.6. The van der Waals surface area contributed by atoms with Gasteiger partial charge in [0.15, 0.2) is 5.78 Å². The molecule has 0 bridgehead atoms. The molecule has 0 spiro atoms. The summed E-state index contributed by atoms with van der Waals surface area (Å²) in [5.41, 5.74) is 3.42. The first kappa shape index (κ1) is 21.0. The van der Waals surface area contributed by atoms with Gasteiger partial charge in [0.2, 0.25) is 0 Å². The van der Waals surface area contributed by atoms with Crippen molar-refractivity contribution in [3.05, 3.63) is 46.3 Å². The molecule has 1 heterocycles. The molecule has 6 heteroatoms. The first-order valence-corrected chi connectivity index (χ1v) is 10.1. The van der Waals surface area contributed by atoms with Crippen LogP contribution in [0.1, 0.15) is 76.2 Å². The molecule has 0 aliphatic heterocycles. The Balaban J connectivity index is 1.85. The third-order valence-corrected chi connectivity index (χ3v) is 5.55. The molecular formula is C23H29NO5. The molecule has 0 fully saturated rings. The summed E-state index contributed by atoms with van der Waals surface area (Å²) in [5, 5.41) is 0. The molecule has 156 valence electrons. The number of hydrogen-bond acceptors (Lipinski definition) is 5. The van der Waals surface area contributed by atoms with E-state index in [0.29, 0.717) is 36.3 Å². The lowest BCUT2D eigenvalue weighted by Gasteiger charge is -2.24. The number of methoxy groups -OCH3 is 2. The highest BCUT2D eigenvalue weighted by atomic mass is 16.5. The summed E-state index contributed by atoms with van der Waals surface area (Å²) in [6.07, 6.45) is 3.92. The topological polar surface area (TPSA) is 77.6 Å². The van der Waals surface area contributed by atoms with Crippen molar-refractivity contribution in [3.8, 4) is 11.5 Å². The van der Waals surface area contributed by atoms with Crippen molar-refractivity contribution in [1.29, 1.82) is 0 Å². The van der Waals surface area contributed by atoms with Gasteiger partial charge in [0.25, 0.3) is 0 Å². The Hall–Kier alpha value is -2.76. The number of rotatable bonds is 8. The van der Waals surface area contributed by atoms with E-state index in [2.05, 4.69) is 11.9 Å². The quantitative estimate of drug-likeness (QED) is 0.518. The summed E-state index contributed by atoms with van der Waals surface area (Å²) in [7, 11) is 3.23. The van der Waals surface area contributed by atoms with Crippen molar-refractivity contribution >= 4 is 11.8 Å². The molecule has 29 heavy (non-hydrogen) atoms. The lowest BCUT2D eigenvalue weighted by molar-refractivity contribution is 0.0491. The van der Waals surface area contributed by atoms with Gasteiger partial charge in [0.05, 0.1) is 20.8 Å². The van der Waals surface area contributed by atoms with E-state index >= 15 is 0 Å². The molecule has 0 radical (unpaired) electrons. The largest absolute Gasteiger partial charge is 0.497 e. The maximum Gasteiger partial charge on any atom is 0.355 e. The maximum atomic E-state index is 12.9. The predicted octanol–water partition coefficient (Wildman–Crippen LogP) is 4.60. The summed E-state index contributed by atoms with van der Waals surface area (Å²) >= 11 is 0. The summed E-state index contributed by atoms with van der Waals surface area (Å²) in [4.78, 5) is 28.6. The molecule has 0 unspecified atom stereocenters. The molecule has 1 aromatic carbocycles. The molecule has 0 amide bonds. The molecule has 2 aromatic rings. The second-order valence-corrected chi connectivity index (χ2v) is 7.46. The standard InChI is InChI=1S/C23H29NO5/c1-5-6-7-10-29-23(26)22-14(2)21-18(24-22)11-15(12-19(21)25)17-13-16(27-3)8-9-20(17)28-4/h8-9,13,15,24H,5-7,10-12H2,1-4H3/t15-/m0/s1. The first-order valence-electron chi connectivity index (χ1n) is 10.1. The Labute approximate surface area is 171 Å². The number of ketones is 1. The van der Waals surface area contributed by atoms with E-state index in [0.717, 1.165) is 42.0 Å². The zero-order chi connectivity index (χ0) is 21.0. The van der Waals surface area contributed by atoms with Crippen LogP contribution in [0.5, 0.6) is 11.5 Å². The fourth-order valence-corrected chi connectivity index (χ4v) is 4.00. The predicted molar refractivity (Wildman–Crippen MR) is 110 cm³/mol. The minimum atomic E-state index is -0.392. The number of aromatic nitrogens is 1. The number of esters is 1. The van der Waals surface area contributed by atoms with Crippen LogP contribution in [0.15, 0.2) is 18.2 Å². The van der Waals surface area contributed by atoms with Gasteiger partial charge in [-0.1, -0.05) is 19.8 Å². The van der Waals surface area contributed by atoms with Gasteiger partial charge in [-0.05, 0) is 43.5 Å². The number of carbonyl (C=O) groups is 2. The number of H-pyrrole nitrogens is 1. The van der Waals surface area contributed by atoms with Crippen molar-refractivity contribution in [2.45, 2.75) is 51.9 Å². The highest BCUT2D eigenvalue weighted by molar-refractivity contribution is 6.03. The fraction of sp³-hybridized carbons (Fsp3) is 0.478. The average Bonchev–Trinajstić information content (AvgIpc) is 3.07. The van der Waals surface area contributed by atoms with Crippen LogP contribution in [0.25, 0.3) is 0 Å². The summed E-state index contributed by atoms with van der Waals surface area (Å²) < 4.78 is 16.2. The second-order valence-electron chi connectivity index (χ2n) is 7.46. The summed E-state index contributed by atoms with van der Waals surface area (Å²) in [6, 6.07) is 5.61. The minimum Gasteiger partial charge on any atom is -0.497 e. The third kappa shape index (κ3) is 4.31. The molecule has 1 aromatic heterocycles. The number of aromatic amines is 1. The summed E-state index contributed by atoms with van der Waals surface area (Å²) in [6.45, 7) is 4.31. The molecule has 6 nitrogen and oxygen atoms in total. The van der Waals surface area contributed by atoms with Gasteiger partial charge in [0.1, 0.15) is 17.2 Å². The lowest BCUT2D eigenvalue weighted by Crippen LogP contribution is -2.19. The Morgan fingerprint density at radius 2 is 1.97 bits per heavy atom. The van der Waals surface area contributed by atoms with E-state index in [1.165, 1.54) is 0 Å². The normalized spacial score (nSPS) is 15.7. The van der Waals surface area contributed by atoms with Crippen LogP contribution in [0, 0.1) is 6.92 Å². The minimum absolute atomic E-state index is 0.0277. The van der Waals surface area contributed by atoms with Crippen LogP contribution in [-0.4, -0.2) is 37.6 Å². The highest BCUT2D eigenvalue weighted by Gasteiger charge is 2.33. The number of hydrogen-bond donors (Lipinski definition) is 1. The number of fused-ring (bicyclic) bond motifs is 1. The van der Waals surface area contributed by atoms with Gasteiger partial charge < -0.3 is 19.2 Å². The molecule has 1 aliphatic rings. The van der Waals surface area contributed by atoms with Crippen LogP contribution in [0.2, 0.25) is 0 Å². The summed E-state index contributed by atoms with van der Waals surface area (Å²) in [5.74, 6) is 1.03. The molecule has 1 atom stereocenters. The molecule has 0 saturated heterocycles. The van der Waals surface area contributed by atoms with Crippen LogP contribution in [0.4, 0.5) is 0 Å². The van der Waals surface area contributed by atoms with Gasteiger partial charge in [-0.15, -0.1) is 0 Å². The number of carbonyl (C=O) groups excluding carboxylic acids is 2. The van der Waals surface area contributed by atoms with Crippen molar-refractivity contribution in [2.24, 2.45) is 0 Å². The second kappa shape index (κ2) is 9.16. The molecule has 3 rings (SSSR count). The van der Waals surface area contributed by atoms with Crippen molar-refractivity contribution < 1.29 is 23.8 Å². The highest BCUT2D eigenvalue weighted by Crippen LogP contribution is 2.40. The van der Waals surface area contributed by atoms with Gasteiger partial charge >= 0.3 is 5.97 Å². The van der Waals surface area contributed by atoms with Crippen LogP contribution < -0.4 is 9.47 Å². The number of Topliss-reactive ketones (excluding diaryl/α,β-unsaturated/α-hetero) is 1. The number of unbranched alkanes of at least 4 members (excludes halogenated alkanes) is 2. The molecule has 1 N–H and O–H groups in total. The Bertz CT molecular complexity index is 899. The maximum absolute atomic E-state index is 12.9. The lowest BCUT2D eigenvalue weighted by atomic mass is 9.81. The van der Waals surface area contributed by atoms with E-state index in [9.17, 15) is 9.59 Å². The first-order chi connectivity index (χ1) is 14.0. The molecule has 0 saturated carbocycles. The van der Waals surface area contributed by atoms with E-state index in [1.807, 2.05) is 25.1 Å². The van der Waals surface area contributed by atoms with Crippen molar-refractivity contribution in [2.75, 3.05) is 20.8 Å². The Kier molecular flexibility index (Phi) is 6.62. The zero-order valence-corrected chi connectivity index (χ0v) is 17.6. The Morgan fingerprint density at radius 3 is 2.66 bits per heavy atom.